The molecule has 0 spiro atoms. The third kappa shape index (κ3) is 5.73. The molecule has 1 aliphatic heterocycles. The highest BCUT2D eigenvalue weighted by atomic mass is 32.2. The van der Waals surface area contributed by atoms with Crippen LogP contribution in [0.3, 0.4) is 0 Å². The molecule has 2 aromatic heterocycles. The molecule has 0 bridgehead atoms. The SMILES string of the molecule is O=C(O)Cn1c(-c2ccccc2)c(Cc2ccc3c(c2)CCS3(=O)=O)c2ccccc21.c1ccc(-c2cc3ccccc3[nH]2)cc1. The van der Waals surface area contributed by atoms with Gasteiger partial charge < -0.3 is 14.7 Å². The zero-order valence-electron chi connectivity index (χ0n) is 25.1. The van der Waals surface area contributed by atoms with Gasteiger partial charge in [-0.15, -0.1) is 0 Å². The molecule has 8 rings (SSSR count). The van der Waals surface area contributed by atoms with Crippen LogP contribution in [0.25, 0.3) is 44.3 Å². The standard InChI is InChI=1S/C25H21NO4S.C14H11N/c27-24(28)16-26-22-9-5-4-8-20(22)21(25(26)18-6-2-1-3-7-18)15-17-10-11-23-19(14-17)12-13-31(23,29)30;1-2-6-11(7-3-1)14-10-12-8-4-5-9-13(12)15-14/h1-11,14H,12-13,15-16H2,(H,27,28);1-10,15H. The number of nitrogens with one attached hydrogen (secondary N) is 1. The number of carboxylic acid groups (broad SMARTS) is 1. The van der Waals surface area contributed by atoms with Crippen molar-refractivity contribution in [2.45, 2.75) is 24.3 Å². The molecule has 2 N–H and O–H groups in total. The number of aliphatic carboxylic acids is 1. The van der Waals surface area contributed by atoms with Crippen molar-refractivity contribution in [2.24, 2.45) is 0 Å². The number of aromatic nitrogens is 2. The lowest BCUT2D eigenvalue weighted by Crippen LogP contribution is -2.10. The average Bonchev–Trinajstić information content (AvgIpc) is 3.74. The fourth-order valence-electron chi connectivity index (χ4n) is 6.43. The summed E-state index contributed by atoms with van der Waals surface area (Å²) in [4.78, 5) is 15.5. The van der Waals surface area contributed by atoms with Crippen LogP contribution in [0.1, 0.15) is 16.7 Å². The highest BCUT2D eigenvalue weighted by Gasteiger charge is 2.27. The summed E-state index contributed by atoms with van der Waals surface area (Å²) in [6.45, 7) is -0.132. The van der Waals surface area contributed by atoms with Gasteiger partial charge in [0, 0.05) is 33.9 Å². The number of nitrogens with zero attached hydrogens (tertiary/aromatic N) is 1. The molecule has 0 saturated carbocycles. The Morgan fingerprint density at radius 1 is 0.761 bits per heavy atom. The quantitative estimate of drug-likeness (QED) is 0.195. The van der Waals surface area contributed by atoms with Crippen LogP contribution in [0.2, 0.25) is 0 Å². The summed E-state index contributed by atoms with van der Waals surface area (Å²) in [5.41, 5.74) is 9.25. The van der Waals surface area contributed by atoms with Gasteiger partial charge in [-0.3, -0.25) is 4.79 Å². The van der Waals surface area contributed by atoms with Crippen LogP contribution in [0.4, 0.5) is 0 Å². The van der Waals surface area contributed by atoms with E-state index in [1.54, 1.807) is 6.07 Å². The van der Waals surface area contributed by atoms with Crippen LogP contribution >= 0.6 is 0 Å². The number of carbonyl (C=O) groups is 1. The van der Waals surface area contributed by atoms with E-state index < -0.39 is 15.8 Å². The molecule has 0 atom stereocenters. The monoisotopic (exact) mass is 624 g/mol. The van der Waals surface area contributed by atoms with E-state index in [1.165, 1.54) is 22.2 Å². The summed E-state index contributed by atoms with van der Waals surface area (Å²) in [5, 5.41) is 11.8. The molecule has 0 unspecified atom stereocenters. The molecule has 7 heteroatoms. The van der Waals surface area contributed by atoms with Crippen LogP contribution in [-0.2, 0) is 34.0 Å². The Kier molecular flexibility index (Phi) is 7.76. The van der Waals surface area contributed by atoms with Crippen LogP contribution in [0, 0.1) is 0 Å². The number of fused-ring (bicyclic) bond motifs is 3. The Morgan fingerprint density at radius 2 is 1.43 bits per heavy atom. The molecule has 6 nitrogen and oxygen atoms in total. The van der Waals surface area contributed by atoms with Crippen molar-refractivity contribution in [3.8, 4) is 22.5 Å². The zero-order valence-corrected chi connectivity index (χ0v) is 25.9. The lowest BCUT2D eigenvalue weighted by atomic mass is 9.97. The minimum Gasteiger partial charge on any atom is -0.480 e. The van der Waals surface area contributed by atoms with Crippen molar-refractivity contribution in [3.63, 3.8) is 0 Å². The van der Waals surface area contributed by atoms with Crippen molar-refractivity contribution in [3.05, 3.63) is 150 Å². The van der Waals surface area contributed by atoms with E-state index in [4.69, 9.17) is 0 Å². The van der Waals surface area contributed by atoms with Gasteiger partial charge in [0.1, 0.15) is 6.54 Å². The topological polar surface area (TPSA) is 92.2 Å². The summed E-state index contributed by atoms with van der Waals surface area (Å²) in [5.74, 6) is -0.730. The lowest BCUT2D eigenvalue weighted by Gasteiger charge is -2.12. The molecule has 46 heavy (non-hydrogen) atoms. The summed E-state index contributed by atoms with van der Waals surface area (Å²) in [6.07, 6.45) is 1.13. The van der Waals surface area contributed by atoms with Crippen molar-refractivity contribution in [2.75, 3.05) is 5.75 Å². The van der Waals surface area contributed by atoms with Gasteiger partial charge in [0.05, 0.1) is 16.3 Å². The van der Waals surface area contributed by atoms with Gasteiger partial charge in [0.2, 0.25) is 0 Å². The second kappa shape index (κ2) is 12.2. The normalized spacial score (nSPS) is 13.3. The number of aromatic amines is 1. The Hall–Kier alpha value is -5.40. The van der Waals surface area contributed by atoms with E-state index in [0.29, 0.717) is 17.7 Å². The van der Waals surface area contributed by atoms with E-state index in [2.05, 4.69) is 53.5 Å². The maximum absolute atomic E-state index is 12.2. The molecule has 7 aromatic rings. The Labute approximate surface area is 267 Å². The maximum Gasteiger partial charge on any atom is 0.323 e. The first-order valence-corrected chi connectivity index (χ1v) is 16.9. The van der Waals surface area contributed by atoms with Gasteiger partial charge in [-0.05, 0) is 58.5 Å². The first-order chi connectivity index (χ1) is 22.4. The number of rotatable bonds is 6. The van der Waals surface area contributed by atoms with Crippen LogP contribution in [0.15, 0.2) is 138 Å². The number of aryl methyl sites for hydroxylation is 1. The van der Waals surface area contributed by atoms with Crippen LogP contribution < -0.4 is 0 Å². The van der Waals surface area contributed by atoms with Crippen molar-refractivity contribution < 1.29 is 18.3 Å². The Morgan fingerprint density at radius 3 is 2.17 bits per heavy atom. The van der Waals surface area contributed by atoms with E-state index >= 15 is 0 Å². The van der Waals surface area contributed by atoms with E-state index in [0.717, 1.165) is 38.9 Å². The fraction of sp³-hybridized carbons (Fsp3) is 0.103. The number of H-pyrrole nitrogens is 1. The summed E-state index contributed by atoms with van der Waals surface area (Å²) in [6, 6.07) is 44.1. The highest BCUT2D eigenvalue weighted by molar-refractivity contribution is 7.91. The number of hydrogen-bond donors (Lipinski definition) is 2. The first-order valence-electron chi connectivity index (χ1n) is 15.2. The maximum atomic E-state index is 12.2. The largest absolute Gasteiger partial charge is 0.480 e. The third-order valence-corrected chi connectivity index (χ3v) is 10.3. The molecule has 0 radical (unpaired) electrons. The van der Waals surface area contributed by atoms with Gasteiger partial charge in [-0.25, -0.2) is 8.42 Å². The number of para-hydroxylation sites is 2. The van der Waals surface area contributed by atoms with E-state index in [-0.39, 0.29) is 12.3 Å². The van der Waals surface area contributed by atoms with E-state index in [9.17, 15) is 18.3 Å². The molecule has 0 aliphatic carbocycles. The predicted molar refractivity (Wildman–Crippen MR) is 184 cm³/mol. The number of benzene rings is 5. The zero-order chi connectivity index (χ0) is 31.7. The first kappa shape index (κ1) is 29.3. The van der Waals surface area contributed by atoms with Gasteiger partial charge in [0.25, 0.3) is 0 Å². The Balaban J connectivity index is 0.000000187. The van der Waals surface area contributed by atoms with Gasteiger partial charge in [-0.1, -0.05) is 109 Å². The van der Waals surface area contributed by atoms with Crippen LogP contribution in [0.5, 0.6) is 0 Å². The summed E-state index contributed by atoms with van der Waals surface area (Å²) < 4.78 is 26.2. The van der Waals surface area contributed by atoms with E-state index in [1.807, 2.05) is 83.4 Å². The number of carboxylic acids is 1. The molecule has 228 valence electrons. The molecular formula is C39H32N2O4S. The van der Waals surface area contributed by atoms with Gasteiger partial charge >= 0.3 is 5.97 Å². The number of sulfone groups is 1. The third-order valence-electron chi connectivity index (χ3n) is 8.51. The second-order valence-electron chi connectivity index (χ2n) is 11.5. The van der Waals surface area contributed by atoms with Crippen molar-refractivity contribution in [1.82, 2.24) is 9.55 Å². The Bertz CT molecular complexity index is 2270. The highest BCUT2D eigenvalue weighted by Crippen LogP contribution is 2.36. The van der Waals surface area contributed by atoms with Crippen molar-refractivity contribution in [1.29, 1.82) is 0 Å². The number of hydrogen-bond acceptors (Lipinski definition) is 3. The fourth-order valence-corrected chi connectivity index (χ4v) is 7.97. The molecule has 0 fully saturated rings. The minimum atomic E-state index is -3.16. The molecule has 3 heterocycles. The summed E-state index contributed by atoms with van der Waals surface area (Å²) >= 11 is 0. The lowest BCUT2D eigenvalue weighted by molar-refractivity contribution is -0.137. The average molecular weight is 625 g/mol. The van der Waals surface area contributed by atoms with Gasteiger partial charge in [0.15, 0.2) is 9.84 Å². The van der Waals surface area contributed by atoms with Crippen LogP contribution in [-0.4, -0.2) is 34.8 Å². The molecular weight excluding hydrogens is 593 g/mol. The molecule has 5 aromatic carbocycles. The van der Waals surface area contributed by atoms with Gasteiger partial charge in [-0.2, -0.15) is 0 Å². The molecule has 1 aliphatic rings. The molecule has 0 saturated heterocycles. The summed E-state index contributed by atoms with van der Waals surface area (Å²) in [7, 11) is -3.16. The predicted octanol–water partition coefficient (Wildman–Crippen LogP) is 8.15. The smallest absolute Gasteiger partial charge is 0.323 e. The second-order valence-corrected chi connectivity index (χ2v) is 13.6. The minimum absolute atomic E-state index is 0.132. The van der Waals surface area contributed by atoms with Crippen molar-refractivity contribution >= 4 is 37.6 Å². The molecule has 0 amide bonds.